The predicted molar refractivity (Wildman–Crippen MR) is 85.7 cm³/mol. The number of amides is 2. The van der Waals surface area contributed by atoms with Crippen molar-refractivity contribution in [2.24, 2.45) is 0 Å². The molecule has 2 amide bonds. The zero-order valence-electron chi connectivity index (χ0n) is 12.6. The molecule has 1 aromatic heterocycles. The molecule has 0 radical (unpaired) electrons. The van der Waals surface area contributed by atoms with Crippen molar-refractivity contribution in [3.63, 3.8) is 0 Å². The van der Waals surface area contributed by atoms with E-state index in [4.69, 9.17) is 11.6 Å². The number of carbonyl (C=O) groups is 1. The Morgan fingerprint density at radius 2 is 2.17 bits per heavy atom. The van der Waals surface area contributed by atoms with Crippen LogP contribution in [0.4, 0.5) is 9.18 Å². The fourth-order valence-electron chi connectivity index (χ4n) is 2.79. The van der Waals surface area contributed by atoms with Gasteiger partial charge in [0.25, 0.3) is 0 Å². The average molecular weight is 337 g/mol. The molecule has 2 heterocycles. The molecule has 122 valence electrons. The molecular weight excluding hydrogens is 319 g/mol. The molecule has 1 aromatic carbocycles. The summed E-state index contributed by atoms with van der Waals surface area (Å²) in [6, 6.07) is 4.75. The molecule has 1 aliphatic rings. The van der Waals surface area contributed by atoms with Crippen molar-refractivity contribution in [3.8, 4) is 0 Å². The Morgan fingerprint density at radius 3 is 2.83 bits per heavy atom. The monoisotopic (exact) mass is 336 g/mol. The number of piperidine rings is 1. The summed E-state index contributed by atoms with van der Waals surface area (Å²) >= 11 is 5.74. The number of halogens is 2. The second-order valence-corrected chi connectivity index (χ2v) is 6.04. The number of nitrogens with one attached hydrogen (secondary N) is 1. The van der Waals surface area contributed by atoms with E-state index in [1.807, 2.05) is 12.5 Å². The van der Waals surface area contributed by atoms with Gasteiger partial charge in [0.1, 0.15) is 5.82 Å². The van der Waals surface area contributed by atoms with E-state index < -0.39 is 5.82 Å². The minimum absolute atomic E-state index is 0.0675. The average Bonchev–Trinajstić information content (AvgIpc) is 3.10. The van der Waals surface area contributed by atoms with Crippen LogP contribution in [0.3, 0.4) is 0 Å². The fourth-order valence-corrected chi connectivity index (χ4v) is 2.99. The summed E-state index contributed by atoms with van der Waals surface area (Å²) in [7, 11) is 0. The van der Waals surface area contributed by atoms with Crippen LogP contribution in [0, 0.1) is 5.82 Å². The van der Waals surface area contributed by atoms with Gasteiger partial charge >= 0.3 is 6.03 Å². The maximum Gasteiger partial charge on any atom is 0.317 e. The van der Waals surface area contributed by atoms with E-state index in [9.17, 15) is 9.18 Å². The van der Waals surface area contributed by atoms with Gasteiger partial charge < -0.3 is 14.8 Å². The van der Waals surface area contributed by atoms with Gasteiger partial charge in [0, 0.05) is 38.1 Å². The molecule has 23 heavy (non-hydrogen) atoms. The SMILES string of the molecule is O=C(NCc1ccc(F)c(Cl)c1)N1CCC(n2ccnc2)CC1. The van der Waals surface area contributed by atoms with Crippen LogP contribution in [0.15, 0.2) is 36.9 Å². The summed E-state index contributed by atoms with van der Waals surface area (Å²) < 4.78 is 15.2. The lowest BCUT2D eigenvalue weighted by molar-refractivity contribution is 0.171. The maximum atomic E-state index is 13.1. The molecule has 1 fully saturated rings. The quantitative estimate of drug-likeness (QED) is 0.935. The van der Waals surface area contributed by atoms with Crippen LogP contribution < -0.4 is 5.32 Å². The highest BCUT2D eigenvalue weighted by atomic mass is 35.5. The van der Waals surface area contributed by atoms with Gasteiger partial charge in [-0.1, -0.05) is 17.7 Å². The third-order valence-corrected chi connectivity index (χ3v) is 4.42. The molecule has 0 unspecified atom stereocenters. The van der Waals surface area contributed by atoms with Gasteiger partial charge in [0.05, 0.1) is 11.3 Å². The van der Waals surface area contributed by atoms with Crippen LogP contribution in [0.2, 0.25) is 5.02 Å². The first kappa shape index (κ1) is 15.8. The third-order valence-electron chi connectivity index (χ3n) is 4.13. The van der Waals surface area contributed by atoms with Crippen LogP contribution in [0.25, 0.3) is 0 Å². The van der Waals surface area contributed by atoms with Crippen molar-refractivity contribution >= 4 is 17.6 Å². The normalized spacial score (nSPS) is 15.7. The molecule has 5 nitrogen and oxygen atoms in total. The third kappa shape index (κ3) is 3.82. The molecule has 1 aliphatic heterocycles. The Bertz CT molecular complexity index is 669. The van der Waals surface area contributed by atoms with Crippen molar-refractivity contribution in [1.29, 1.82) is 0 Å². The standard InChI is InChI=1S/C16H18ClFN4O/c17-14-9-12(1-2-15(14)18)10-20-16(23)21-6-3-13(4-7-21)22-8-5-19-11-22/h1-2,5,8-9,11,13H,3-4,6-7,10H2,(H,20,23). The molecule has 0 saturated carbocycles. The summed E-state index contributed by atoms with van der Waals surface area (Å²) in [6.45, 7) is 1.75. The molecule has 0 spiro atoms. The van der Waals surface area contributed by atoms with Crippen molar-refractivity contribution in [2.45, 2.75) is 25.4 Å². The lowest BCUT2D eigenvalue weighted by Gasteiger charge is -2.32. The van der Waals surface area contributed by atoms with Gasteiger partial charge in [-0.2, -0.15) is 0 Å². The molecule has 1 saturated heterocycles. The van der Waals surface area contributed by atoms with Crippen molar-refractivity contribution < 1.29 is 9.18 Å². The molecule has 3 rings (SSSR count). The van der Waals surface area contributed by atoms with Crippen LogP contribution in [-0.4, -0.2) is 33.6 Å². The highest BCUT2D eigenvalue weighted by Crippen LogP contribution is 2.22. The minimum atomic E-state index is -0.455. The first-order chi connectivity index (χ1) is 11.1. The Kier molecular flexibility index (Phi) is 4.81. The Labute approximate surface area is 139 Å². The predicted octanol–water partition coefficient (Wildman–Crippen LogP) is 3.22. The Balaban J connectivity index is 1.48. The topological polar surface area (TPSA) is 50.2 Å². The molecule has 0 atom stereocenters. The lowest BCUT2D eigenvalue weighted by atomic mass is 10.1. The molecule has 2 aromatic rings. The summed E-state index contributed by atoms with van der Waals surface area (Å²) in [5, 5.41) is 2.92. The zero-order valence-corrected chi connectivity index (χ0v) is 13.3. The summed E-state index contributed by atoms with van der Waals surface area (Å²) in [4.78, 5) is 18.1. The summed E-state index contributed by atoms with van der Waals surface area (Å²) in [5.74, 6) is -0.455. The fraction of sp³-hybridized carbons (Fsp3) is 0.375. The van der Waals surface area contributed by atoms with Gasteiger partial charge in [0.15, 0.2) is 0 Å². The highest BCUT2D eigenvalue weighted by molar-refractivity contribution is 6.30. The molecule has 0 bridgehead atoms. The molecule has 1 N–H and O–H groups in total. The van der Waals surface area contributed by atoms with E-state index in [0.717, 1.165) is 18.4 Å². The second-order valence-electron chi connectivity index (χ2n) is 5.64. The van der Waals surface area contributed by atoms with Crippen molar-refractivity contribution in [1.82, 2.24) is 19.8 Å². The number of aromatic nitrogens is 2. The van der Waals surface area contributed by atoms with Gasteiger partial charge in [-0.05, 0) is 30.5 Å². The number of likely N-dealkylation sites (tertiary alicyclic amines) is 1. The van der Waals surface area contributed by atoms with E-state index >= 15 is 0 Å². The van der Waals surface area contributed by atoms with Crippen LogP contribution in [0.5, 0.6) is 0 Å². The van der Waals surface area contributed by atoms with Crippen molar-refractivity contribution in [2.75, 3.05) is 13.1 Å². The van der Waals surface area contributed by atoms with Crippen LogP contribution in [-0.2, 0) is 6.54 Å². The number of carbonyl (C=O) groups excluding carboxylic acids is 1. The number of hydrogen-bond acceptors (Lipinski definition) is 2. The lowest BCUT2D eigenvalue weighted by Crippen LogP contribution is -2.44. The first-order valence-electron chi connectivity index (χ1n) is 7.57. The Morgan fingerprint density at radius 1 is 1.39 bits per heavy atom. The van der Waals surface area contributed by atoms with Gasteiger partial charge in [-0.3, -0.25) is 0 Å². The van der Waals surface area contributed by atoms with E-state index in [1.54, 1.807) is 17.2 Å². The van der Waals surface area contributed by atoms with E-state index in [-0.39, 0.29) is 11.1 Å². The number of benzene rings is 1. The number of nitrogens with zero attached hydrogens (tertiary/aromatic N) is 3. The minimum Gasteiger partial charge on any atom is -0.334 e. The number of hydrogen-bond donors (Lipinski definition) is 1. The van der Waals surface area contributed by atoms with E-state index in [2.05, 4.69) is 14.9 Å². The van der Waals surface area contributed by atoms with E-state index in [0.29, 0.717) is 25.7 Å². The smallest absolute Gasteiger partial charge is 0.317 e. The maximum absolute atomic E-state index is 13.1. The van der Waals surface area contributed by atoms with Crippen molar-refractivity contribution in [3.05, 3.63) is 53.3 Å². The van der Waals surface area contributed by atoms with Gasteiger partial charge in [-0.15, -0.1) is 0 Å². The Hall–Kier alpha value is -2.08. The number of urea groups is 1. The number of rotatable bonds is 3. The zero-order chi connectivity index (χ0) is 16.2. The highest BCUT2D eigenvalue weighted by Gasteiger charge is 2.23. The van der Waals surface area contributed by atoms with Crippen LogP contribution >= 0.6 is 11.6 Å². The van der Waals surface area contributed by atoms with Crippen LogP contribution in [0.1, 0.15) is 24.4 Å². The summed E-state index contributed by atoms with van der Waals surface area (Å²) in [5.41, 5.74) is 0.776. The number of imidazole rings is 1. The molecular formula is C16H18ClFN4O. The van der Waals surface area contributed by atoms with Gasteiger partial charge in [-0.25, -0.2) is 14.2 Å². The molecule has 7 heteroatoms. The largest absolute Gasteiger partial charge is 0.334 e. The van der Waals surface area contributed by atoms with E-state index in [1.165, 1.54) is 12.1 Å². The summed E-state index contributed by atoms with van der Waals surface area (Å²) in [6.07, 6.45) is 7.36. The van der Waals surface area contributed by atoms with Gasteiger partial charge in [0.2, 0.25) is 0 Å². The molecule has 0 aliphatic carbocycles. The first-order valence-corrected chi connectivity index (χ1v) is 7.95. The second kappa shape index (κ2) is 7.00.